The first-order valence-electron chi connectivity index (χ1n) is 4.39. The van der Waals surface area contributed by atoms with Crippen molar-refractivity contribution >= 4 is 17.4 Å². The van der Waals surface area contributed by atoms with E-state index in [0.717, 1.165) is 9.92 Å². The van der Waals surface area contributed by atoms with Crippen molar-refractivity contribution in [2.75, 3.05) is 5.73 Å². The highest BCUT2D eigenvalue weighted by Crippen LogP contribution is 2.30. The molecule has 1 aromatic heterocycles. The van der Waals surface area contributed by atoms with E-state index in [-0.39, 0.29) is 5.82 Å². The lowest BCUT2D eigenvalue weighted by Gasteiger charge is -2.03. The van der Waals surface area contributed by atoms with E-state index in [2.05, 4.69) is 4.98 Å². The van der Waals surface area contributed by atoms with Gasteiger partial charge in [-0.2, -0.15) is 0 Å². The zero-order chi connectivity index (χ0) is 10.7. The van der Waals surface area contributed by atoms with Gasteiger partial charge in [0.15, 0.2) is 0 Å². The predicted octanol–water partition coefficient (Wildman–Crippen LogP) is 2.95. The predicted molar refractivity (Wildman–Crippen MR) is 59.2 cm³/mol. The van der Waals surface area contributed by atoms with Gasteiger partial charge < -0.3 is 5.73 Å². The second-order valence-corrected chi connectivity index (χ2v) is 4.01. The number of rotatable bonds is 2. The van der Waals surface area contributed by atoms with Crippen LogP contribution < -0.4 is 5.73 Å². The Hall–Kier alpha value is -1.55. The number of hydrogen-bond donors (Lipinski definition) is 1. The maximum Gasteiger partial charge on any atom is 0.125 e. The summed E-state index contributed by atoms with van der Waals surface area (Å²) in [5.41, 5.74) is 6.12. The molecule has 0 unspecified atom stereocenters. The molecule has 0 radical (unpaired) electrons. The Morgan fingerprint density at radius 3 is 2.73 bits per heavy atom. The smallest absolute Gasteiger partial charge is 0.125 e. The number of hydrogen-bond acceptors (Lipinski definition) is 3. The second kappa shape index (κ2) is 4.31. The van der Waals surface area contributed by atoms with Crippen molar-refractivity contribution in [3.05, 3.63) is 48.4 Å². The number of nitrogens with zero attached hydrogens (tertiary/aromatic N) is 1. The van der Waals surface area contributed by atoms with Crippen LogP contribution in [0.4, 0.5) is 10.1 Å². The quantitative estimate of drug-likeness (QED) is 0.791. The topological polar surface area (TPSA) is 38.9 Å². The molecule has 0 amide bonds. The van der Waals surface area contributed by atoms with E-state index in [1.165, 1.54) is 23.9 Å². The molecule has 0 fully saturated rings. The van der Waals surface area contributed by atoms with Crippen molar-refractivity contribution in [1.82, 2.24) is 4.98 Å². The molecule has 2 nitrogen and oxygen atoms in total. The van der Waals surface area contributed by atoms with Gasteiger partial charge in [0.05, 0.1) is 0 Å². The summed E-state index contributed by atoms with van der Waals surface area (Å²) in [6.07, 6.45) is 1.71. The highest BCUT2D eigenvalue weighted by atomic mass is 32.2. The first-order chi connectivity index (χ1) is 7.25. The van der Waals surface area contributed by atoms with Gasteiger partial charge in [0.25, 0.3) is 0 Å². The molecule has 0 saturated carbocycles. The summed E-state index contributed by atoms with van der Waals surface area (Å²) in [6.45, 7) is 0. The summed E-state index contributed by atoms with van der Waals surface area (Å²) in [4.78, 5) is 4.97. The van der Waals surface area contributed by atoms with Gasteiger partial charge in [-0.05, 0) is 30.3 Å². The fraction of sp³-hybridized carbons (Fsp3) is 0. The van der Waals surface area contributed by atoms with Gasteiger partial charge in [-0.1, -0.05) is 17.8 Å². The third-order valence-electron chi connectivity index (χ3n) is 1.82. The summed E-state index contributed by atoms with van der Waals surface area (Å²) >= 11 is 1.42. The molecule has 0 spiro atoms. The van der Waals surface area contributed by atoms with E-state index < -0.39 is 0 Å². The number of nitrogen functional groups attached to an aromatic ring is 1. The van der Waals surface area contributed by atoms with Gasteiger partial charge in [0.2, 0.25) is 0 Å². The lowest BCUT2D eigenvalue weighted by molar-refractivity contribution is 0.627. The van der Waals surface area contributed by atoms with Crippen LogP contribution in [-0.2, 0) is 0 Å². The molecule has 1 heterocycles. The maximum atomic E-state index is 12.8. The highest BCUT2D eigenvalue weighted by Gasteiger charge is 2.03. The zero-order valence-electron chi connectivity index (χ0n) is 7.85. The fourth-order valence-electron chi connectivity index (χ4n) is 1.13. The Morgan fingerprint density at radius 1 is 1.20 bits per heavy atom. The van der Waals surface area contributed by atoms with Crippen molar-refractivity contribution in [3.8, 4) is 0 Å². The summed E-state index contributed by atoms with van der Waals surface area (Å²) < 4.78 is 12.8. The Bertz CT molecular complexity index is 459. The van der Waals surface area contributed by atoms with Crippen molar-refractivity contribution in [1.29, 1.82) is 0 Å². The summed E-state index contributed by atoms with van der Waals surface area (Å²) in [6, 6.07) is 9.98. The summed E-state index contributed by atoms with van der Waals surface area (Å²) in [7, 11) is 0. The minimum absolute atomic E-state index is 0.321. The number of aromatic nitrogens is 1. The molecule has 0 aliphatic rings. The lowest BCUT2D eigenvalue weighted by atomic mass is 10.3. The Labute approximate surface area is 91.3 Å². The average molecular weight is 220 g/mol. The van der Waals surface area contributed by atoms with E-state index in [1.807, 2.05) is 18.2 Å². The molecule has 4 heteroatoms. The number of anilines is 1. The molecule has 2 aromatic rings. The second-order valence-electron chi connectivity index (χ2n) is 2.95. The van der Waals surface area contributed by atoms with Crippen LogP contribution in [0.3, 0.4) is 0 Å². The zero-order valence-corrected chi connectivity index (χ0v) is 8.67. The third-order valence-corrected chi connectivity index (χ3v) is 2.87. The summed E-state index contributed by atoms with van der Waals surface area (Å²) in [5.74, 6) is -0.321. The molecule has 0 bridgehead atoms. The monoisotopic (exact) mass is 220 g/mol. The van der Waals surface area contributed by atoms with Crippen LogP contribution in [0.5, 0.6) is 0 Å². The standard InChI is InChI=1S/C11H9FN2S/c12-8-4-5-10(9(13)7-8)15-11-3-1-2-6-14-11/h1-7H,13H2. The van der Waals surface area contributed by atoms with Gasteiger partial charge in [-0.3, -0.25) is 0 Å². The van der Waals surface area contributed by atoms with Crippen LogP contribution in [0.15, 0.2) is 52.5 Å². The average Bonchev–Trinajstić information content (AvgIpc) is 2.24. The third kappa shape index (κ3) is 2.47. The largest absolute Gasteiger partial charge is 0.398 e. The molecule has 2 rings (SSSR count). The fourth-order valence-corrected chi connectivity index (χ4v) is 1.93. The van der Waals surface area contributed by atoms with Crippen LogP contribution in [0.25, 0.3) is 0 Å². The molecule has 0 aliphatic heterocycles. The number of pyridine rings is 1. The van der Waals surface area contributed by atoms with Crippen molar-refractivity contribution in [2.24, 2.45) is 0 Å². The normalized spacial score (nSPS) is 10.2. The highest BCUT2D eigenvalue weighted by molar-refractivity contribution is 7.99. The SMILES string of the molecule is Nc1cc(F)ccc1Sc1ccccn1. The summed E-state index contributed by atoms with van der Waals surface area (Å²) in [5, 5.41) is 0.843. The molecular formula is C11H9FN2S. The number of benzene rings is 1. The van der Waals surface area contributed by atoms with Crippen LogP contribution in [0.1, 0.15) is 0 Å². The minimum Gasteiger partial charge on any atom is -0.398 e. The van der Waals surface area contributed by atoms with E-state index in [0.29, 0.717) is 5.69 Å². The van der Waals surface area contributed by atoms with Crippen LogP contribution >= 0.6 is 11.8 Å². The van der Waals surface area contributed by atoms with E-state index in [4.69, 9.17) is 5.73 Å². The number of halogens is 1. The van der Waals surface area contributed by atoms with Gasteiger partial charge in [-0.15, -0.1) is 0 Å². The van der Waals surface area contributed by atoms with Gasteiger partial charge in [-0.25, -0.2) is 9.37 Å². The van der Waals surface area contributed by atoms with Gasteiger partial charge in [0, 0.05) is 16.8 Å². The molecule has 2 N–H and O–H groups in total. The number of nitrogens with two attached hydrogens (primary N) is 1. The Morgan fingerprint density at radius 2 is 2.07 bits per heavy atom. The lowest BCUT2D eigenvalue weighted by Crippen LogP contribution is -1.90. The van der Waals surface area contributed by atoms with Crippen molar-refractivity contribution < 1.29 is 4.39 Å². The molecule has 0 saturated heterocycles. The van der Waals surface area contributed by atoms with Crippen LogP contribution in [-0.4, -0.2) is 4.98 Å². The molecule has 15 heavy (non-hydrogen) atoms. The molecule has 0 aliphatic carbocycles. The Kier molecular flexibility index (Phi) is 2.87. The molecular weight excluding hydrogens is 211 g/mol. The molecule has 76 valence electrons. The van der Waals surface area contributed by atoms with E-state index in [9.17, 15) is 4.39 Å². The first-order valence-corrected chi connectivity index (χ1v) is 5.21. The maximum absolute atomic E-state index is 12.8. The first kappa shape index (κ1) is 9.98. The van der Waals surface area contributed by atoms with E-state index >= 15 is 0 Å². The van der Waals surface area contributed by atoms with Crippen molar-refractivity contribution in [3.63, 3.8) is 0 Å². The van der Waals surface area contributed by atoms with Gasteiger partial charge >= 0.3 is 0 Å². The van der Waals surface area contributed by atoms with Crippen molar-refractivity contribution in [2.45, 2.75) is 9.92 Å². The van der Waals surface area contributed by atoms with Gasteiger partial charge in [0.1, 0.15) is 10.8 Å². The molecule has 0 atom stereocenters. The Balaban J connectivity index is 2.25. The van der Waals surface area contributed by atoms with E-state index in [1.54, 1.807) is 12.3 Å². The minimum atomic E-state index is -0.321. The van der Waals surface area contributed by atoms with Crippen LogP contribution in [0, 0.1) is 5.82 Å². The molecule has 1 aromatic carbocycles. The van der Waals surface area contributed by atoms with Crippen LogP contribution in [0.2, 0.25) is 0 Å².